The number of aromatic nitrogens is 4. The number of thiazole rings is 1. The lowest BCUT2D eigenvalue weighted by Crippen LogP contribution is -2.38. The second-order valence-corrected chi connectivity index (χ2v) is 8.27. The molecule has 0 atom stereocenters. The molecule has 3 aromatic heterocycles. The molecule has 30 heavy (non-hydrogen) atoms. The average Bonchev–Trinajstić information content (AvgIpc) is 3.20. The third-order valence-corrected chi connectivity index (χ3v) is 5.64. The minimum Gasteiger partial charge on any atom is -0.357 e. The Bertz CT molecular complexity index is 956. The predicted molar refractivity (Wildman–Crippen MR) is 134 cm³/mol. The fourth-order valence-electron chi connectivity index (χ4n) is 2.94. The van der Waals surface area contributed by atoms with Gasteiger partial charge >= 0.3 is 0 Å². The Labute approximate surface area is 199 Å². The molecule has 0 saturated heterocycles. The molecule has 2 N–H and O–H groups in total. The van der Waals surface area contributed by atoms with Crippen molar-refractivity contribution in [2.75, 3.05) is 13.1 Å². The second-order valence-electron chi connectivity index (χ2n) is 6.98. The van der Waals surface area contributed by atoms with Crippen LogP contribution in [0.2, 0.25) is 0 Å². The van der Waals surface area contributed by atoms with E-state index in [2.05, 4.69) is 51.5 Å². The minimum atomic E-state index is 0. The van der Waals surface area contributed by atoms with Gasteiger partial charge in [0.25, 0.3) is 0 Å². The van der Waals surface area contributed by atoms with Gasteiger partial charge in [0.05, 0.1) is 22.9 Å². The molecule has 0 spiro atoms. The van der Waals surface area contributed by atoms with E-state index >= 15 is 0 Å². The molecule has 0 aliphatic carbocycles. The summed E-state index contributed by atoms with van der Waals surface area (Å²) in [6.07, 6.45) is 2.75. The van der Waals surface area contributed by atoms with E-state index in [-0.39, 0.29) is 24.0 Å². The number of nitrogens with one attached hydrogen (secondary N) is 2. The van der Waals surface area contributed by atoms with E-state index in [0.29, 0.717) is 6.54 Å². The fraction of sp³-hybridized carbons (Fsp3) is 0.429. The zero-order chi connectivity index (χ0) is 20.8. The zero-order valence-corrected chi connectivity index (χ0v) is 21.3. The van der Waals surface area contributed by atoms with E-state index in [0.717, 1.165) is 58.9 Å². The second kappa shape index (κ2) is 11.4. The number of hydrogen-bond acceptors (Lipinski definition) is 5. The van der Waals surface area contributed by atoms with Crippen molar-refractivity contribution in [3.8, 4) is 5.82 Å². The lowest BCUT2D eigenvalue weighted by molar-refractivity contribution is 0.791. The lowest BCUT2D eigenvalue weighted by atomic mass is 10.3. The van der Waals surface area contributed by atoms with Crippen molar-refractivity contribution in [2.24, 2.45) is 4.99 Å². The molecule has 9 heteroatoms. The van der Waals surface area contributed by atoms with Crippen LogP contribution in [0.1, 0.15) is 39.5 Å². The molecule has 162 valence electrons. The number of nitrogens with zero attached hydrogens (tertiary/aromatic N) is 5. The molecule has 7 nitrogen and oxygen atoms in total. The average molecular weight is 539 g/mol. The van der Waals surface area contributed by atoms with E-state index in [1.54, 1.807) is 11.3 Å². The van der Waals surface area contributed by atoms with Crippen LogP contribution in [-0.4, -0.2) is 38.8 Å². The standard InChI is InChI=1S/C21H29N7S.HI/c1-6-22-21(23-10-9-20-26-16(4)17(5)29-20)25-13-18-7-8-19(24-12-18)28-15(3)11-14(2)27-28;/h7-8,11-12H,6,9-10,13H2,1-5H3,(H2,22,23,25);1H. The van der Waals surface area contributed by atoms with Crippen molar-refractivity contribution < 1.29 is 0 Å². The van der Waals surface area contributed by atoms with Crippen LogP contribution in [-0.2, 0) is 13.0 Å². The summed E-state index contributed by atoms with van der Waals surface area (Å²) in [7, 11) is 0. The van der Waals surface area contributed by atoms with Crippen LogP contribution in [0.4, 0.5) is 0 Å². The van der Waals surface area contributed by atoms with Gasteiger partial charge in [0.2, 0.25) is 0 Å². The highest BCUT2D eigenvalue weighted by molar-refractivity contribution is 14.0. The Balaban J connectivity index is 0.00000320. The van der Waals surface area contributed by atoms with Crippen molar-refractivity contribution in [3.05, 3.63) is 56.9 Å². The molecule has 3 aromatic rings. The van der Waals surface area contributed by atoms with E-state index in [1.165, 1.54) is 4.88 Å². The highest BCUT2D eigenvalue weighted by Gasteiger charge is 2.06. The van der Waals surface area contributed by atoms with Gasteiger partial charge < -0.3 is 10.6 Å². The Morgan fingerprint density at radius 2 is 1.97 bits per heavy atom. The maximum atomic E-state index is 4.68. The van der Waals surface area contributed by atoms with E-state index in [4.69, 9.17) is 0 Å². The number of aryl methyl sites for hydroxylation is 4. The molecule has 0 saturated carbocycles. The highest BCUT2D eigenvalue weighted by atomic mass is 127. The first-order chi connectivity index (χ1) is 14.0. The maximum Gasteiger partial charge on any atom is 0.191 e. The third kappa shape index (κ3) is 6.49. The van der Waals surface area contributed by atoms with Crippen molar-refractivity contribution in [3.63, 3.8) is 0 Å². The first-order valence-corrected chi connectivity index (χ1v) is 10.7. The van der Waals surface area contributed by atoms with Crippen LogP contribution in [0.5, 0.6) is 0 Å². The molecule has 0 unspecified atom stereocenters. The number of rotatable bonds is 7. The molecule has 3 heterocycles. The molecular weight excluding hydrogens is 509 g/mol. The van der Waals surface area contributed by atoms with Crippen LogP contribution in [0.3, 0.4) is 0 Å². The summed E-state index contributed by atoms with van der Waals surface area (Å²) >= 11 is 1.76. The predicted octanol–water partition coefficient (Wildman–Crippen LogP) is 3.87. The van der Waals surface area contributed by atoms with Crippen LogP contribution < -0.4 is 10.6 Å². The van der Waals surface area contributed by atoms with E-state index < -0.39 is 0 Å². The third-order valence-electron chi connectivity index (χ3n) is 4.50. The summed E-state index contributed by atoms with van der Waals surface area (Å²) in [5.41, 5.74) is 4.24. The fourth-order valence-corrected chi connectivity index (χ4v) is 3.88. The molecule has 0 bridgehead atoms. The number of guanidine groups is 1. The number of hydrogen-bond donors (Lipinski definition) is 2. The van der Waals surface area contributed by atoms with Crippen LogP contribution >= 0.6 is 35.3 Å². The van der Waals surface area contributed by atoms with Crippen LogP contribution in [0, 0.1) is 27.7 Å². The first kappa shape index (κ1) is 24.3. The van der Waals surface area contributed by atoms with Crippen molar-refractivity contribution in [1.82, 2.24) is 30.4 Å². The van der Waals surface area contributed by atoms with Crippen molar-refractivity contribution in [2.45, 2.75) is 47.6 Å². The first-order valence-electron chi connectivity index (χ1n) is 9.90. The smallest absolute Gasteiger partial charge is 0.191 e. The number of halogens is 1. The molecule has 0 amide bonds. The molecule has 0 fully saturated rings. The molecule has 3 rings (SSSR count). The van der Waals surface area contributed by atoms with Gasteiger partial charge in [0.15, 0.2) is 11.8 Å². The van der Waals surface area contributed by atoms with Gasteiger partial charge in [0, 0.05) is 36.3 Å². The van der Waals surface area contributed by atoms with Crippen molar-refractivity contribution in [1.29, 1.82) is 0 Å². The summed E-state index contributed by atoms with van der Waals surface area (Å²) in [5, 5.41) is 12.3. The molecule has 0 aliphatic heterocycles. The molecule has 0 aliphatic rings. The summed E-state index contributed by atoms with van der Waals surface area (Å²) < 4.78 is 1.86. The molecule has 0 aromatic carbocycles. The number of aliphatic imine (C=N–C) groups is 1. The molecular formula is C21H30IN7S. The van der Waals surface area contributed by atoms with Gasteiger partial charge in [-0.2, -0.15) is 5.10 Å². The lowest BCUT2D eigenvalue weighted by Gasteiger charge is -2.10. The van der Waals surface area contributed by atoms with E-state index in [1.807, 2.05) is 42.9 Å². The Morgan fingerprint density at radius 1 is 1.17 bits per heavy atom. The Morgan fingerprint density at radius 3 is 2.53 bits per heavy atom. The zero-order valence-electron chi connectivity index (χ0n) is 18.2. The van der Waals surface area contributed by atoms with Crippen LogP contribution in [0.25, 0.3) is 5.82 Å². The quantitative estimate of drug-likeness (QED) is 0.271. The summed E-state index contributed by atoms with van der Waals surface area (Å²) in [4.78, 5) is 15.1. The Hall–Kier alpha value is -2.01. The Kier molecular flexibility index (Phi) is 9.22. The normalized spacial score (nSPS) is 11.3. The molecule has 0 radical (unpaired) electrons. The summed E-state index contributed by atoms with van der Waals surface area (Å²) in [6, 6.07) is 6.08. The summed E-state index contributed by atoms with van der Waals surface area (Å²) in [6.45, 7) is 12.4. The highest BCUT2D eigenvalue weighted by Crippen LogP contribution is 2.16. The van der Waals surface area contributed by atoms with Gasteiger partial charge in [-0.25, -0.2) is 19.6 Å². The summed E-state index contributed by atoms with van der Waals surface area (Å²) in [5.74, 6) is 1.63. The van der Waals surface area contributed by atoms with E-state index in [9.17, 15) is 0 Å². The maximum absolute atomic E-state index is 4.68. The van der Waals surface area contributed by atoms with Crippen LogP contribution in [0.15, 0.2) is 29.4 Å². The monoisotopic (exact) mass is 539 g/mol. The van der Waals surface area contributed by atoms with Gasteiger partial charge in [0.1, 0.15) is 0 Å². The number of pyridine rings is 1. The largest absolute Gasteiger partial charge is 0.357 e. The van der Waals surface area contributed by atoms with Gasteiger partial charge in [-0.3, -0.25) is 0 Å². The van der Waals surface area contributed by atoms with Gasteiger partial charge in [-0.05, 0) is 52.3 Å². The van der Waals surface area contributed by atoms with Gasteiger partial charge in [-0.1, -0.05) is 6.07 Å². The SMILES string of the molecule is CCNC(=NCc1ccc(-n2nc(C)cc2C)nc1)NCCc1nc(C)c(C)s1.I. The minimum absolute atomic E-state index is 0. The van der Waals surface area contributed by atoms with Crippen molar-refractivity contribution >= 4 is 41.3 Å². The topological polar surface area (TPSA) is 80.0 Å². The van der Waals surface area contributed by atoms with Gasteiger partial charge in [-0.15, -0.1) is 35.3 Å².